The fourth-order valence-electron chi connectivity index (χ4n) is 1.07. The summed E-state index contributed by atoms with van der Waals surface area (Å²) in [6, 6.07) is 1.61. The van der Waals surface area contributed by atoms with Gasteiger partial charge in [0.15, 0.2) is 0 Å². The molecule has 0 unspecified atom stereocenters. The molecule has 0 aliphatic rings. The van der Waals surface area contributed by atoms with Gasteiger partial charge in [0.25, 0.3) is 0 Å². The summed E-state index contributed by atoms with van der Waals surface area (Å²) in [6.45, 7) is 3.96. The van der Waals surface area contributed by atoms with Crippen molar-refractivity contribution in [3.05, 3.63) is 11.9 Å². The second-order valence-electron chi connectivity index (χ2n) is 3.62. The number of hydrazine groups is 1. The van der Waals surface area contributed by atoms with Crippen LogP contribution in [0.1, 0.15) is 25.6 Å². The summed E-state index contributed by atoms with van der Waals surface area (Å²) in [5.74, 6) is 6.65. The Hall–Kier alpha value is -1.89. The Balaban J connectivity index is 2.90. The number of primary amides is 1. The summed E-state index contributed by atoms with van der Waals surface area (Å²) in [5.41, 5.74) is 7.47. The molecule has 7 nitrogen and oxygen atoms in total. The predicted molar refractivity (Wildman–Crippen MR) is 61.6 cm³/mol. The largest absolute Gasteiger partial charge is 0.368 e. The molecule has 6 N–H and O–H groups in total. The van der Waals surface area contributed by atoms with Crippen molar-refractivity contribution in [3.63, 3.8) is 0 Å². The average molecular weight is 224 g/mol. The van der Waals surface area contributed by atoms with E-state index in [1.54, 1.807) is 6.07 Å². The van der Waals surface area contributed by atoms with E-state index in [-0.39, 0.29) is 12.5 Å². The van der Waals surface area contributed by atoms with Gasteiger partial charge < -0.3 is 16.5 Å². The number of rotatable bonds is 5. The molecule has 0 bridgehead atoms. The van der Waals surface area contributed by atoms with Crippen LogP contribution in [0.2, 0.25) is 0 Å². The second-order valence-corrected chi connectivity index (χ2v) is 3.62. The first-order valence-corrected chi connectivity index (χ1v) is 4.90. The Morgan fingerprint density at radius 1 is 1.44 bits per heavy atom. The van der Waals surface area contributed by atoms with Crippen LogP contribution < -0.4 is 22.3 Å². The molecule has 7 heteroatoms. The van der Waals surface area contributed by atoms with E-state index in [2.05, 4.69) is 20.7 Å². The summed E-state index contributed by atoms with van der Waals surface area (Å²) < 4.78 is 0. The number of nitrogens with two attached hydrogens (primary N) is 2. The van der Waals surface area contributed by atoms with Crippen LogP contribution >= 0.6 is 0 Å². The highest BCUT2D eigenvalue weighted by molar-refractivity contribution is 5.78. The van der Waals surface area contributed by atoms with Gasteiger partial charge in [-0.15, -0.1) is 0 Å². The molecule has 1 aromatic rings. The maximum Gasteiger partial charge on any atom is 0.236 e. The molecule has 16 heavy (non-hydrogen) atoms. The molecular formula is C9H16N6O. The number of nitrogens with zero attached hydrogens (tertiary/aromatic N) is 2. The maximum absolute atomic E-state index is 10.6. The van der Waals surface area contributed by atoms with E-state index in [0.717, 1.165) is 0 Å². The minimum atomic E-state index is -0.452. The number of carbonyl (C=O) groups excluding carboxylic acids is 1. The van der Waals surface area contributed by atoms with Gasteiger partial charge in [0.1, 0.15) is 17.5 Å². The number of carbonyl (C=O) groups is 1. The van der Waals surface area contributed by atoms with E-state index in [4.69, 9.17) is 11.6 Å². The van der Waals surface area contributed by atoms with Crippen molar-refractivity contribution in [2.75, 3.05) is 17.3 Å². The van der Waals surface area contributed by atoms with E-state index >= 15 is 0 Å². The van der Waals surface area contributed by atoms with Gasteiger partial charge >= 0.3 is 0 Å². The van der Waals surface area contributed by atoms with Crippen molar-refractivity contribution in [3.8, 4) is 0 Å². The monoisotopic (exact) mass is 224 g/mol. The molecule has 0 atom stereocenters. The minimum Gasteiger partial charge on any atom is -0.368 e. The SMILES string of the molecule is CC(C)c1nc(NN)cc(NCC(N)=O)n1. The molecule has 0 saturated heterocycles. The van der Waals surface area contributed by atoms with Crippen LogP contribution in [0.15, 0.2) is 6.07 Å². The number of nitrogens with one attached hydrogen (secondary N) is 2. The van der Waals surface area contributed by atoms with Crippen LogP contribution in [0.3, 0.4) is 0 Å². The number of nitrogen functional groups attached to an aromatic ring is 1. The zero-order chi connectivity index (χ0) is 12.1. The van der Waals surface area contributed by atoms with Gasteiger partial charge in [-0.05, 0) is 0 Å². The van der Waals surface area contributed by atoms with E-state index in [0.29, 0.717) is 17.5 Å². The van der Waals surface area contributed by atoms with Gasteiger partial charge in [0.05, 0.1) is 6.54 Å². The van der Waals surface area contributed by atoms with Crippen molar-refractivity contribution >= 4 is 17.5 Å². The number of amides is 1. The zero-order valence-electron chi connectivity index (χ0n) is 9.32. The molecule has 0 aliphatic carbocycles. The fourth-order valence-corrected chi connectivity index (χ4v) is 1.07. The predicted octanol–water partition coefficient (Wildman–Crippen LogP) is -0.217. The number of hydrogen-bond acceptors (Lipinski definition) is 6. The van der Waals surface area contributed by atoms with Crippen LogP contribution in [-0.4, -0.2) is 22.4 Å². The van der Waals surface area contributed by atoms with Crippen molar-refractivity contribution in [2.24, 2.45) is 11.6 Å². The first-order chi connectivity index (χ1) is 7.52. The summed E-state index contributed by atoms with van der Waals surface area (Å²) in [7, 11) is 0. The molecule has 0 fully saturated rings. The quantitative estimate of drug-likeness (QED) is 0.405. The lowest BCUT2D eigenvalue weighted by atomic mass is 10.2. The van der Waals surface area contributed by atoms with E-state index in [1.165, 1.54) is 0 Å². The molecule has 0 radical (unpaired) electrons. The zero-order valence-corrected chi connectivity index (χ0v) is 9.32. The third-order valence-electron chi connectivity index (χ3n) is 1.85. The lowest BCUT2D eigenvalue weighted by molar-refractivity contribution is -0.116. The molecule has 0 saturated carbocycles. The number of anilines is 2. The van der Waals surface area contributed by atoms with Gasteiger partial charge in [-0.3, -0.25) is 4.79 Å². The van der Waals surface area contributed by atoms with E-state index < -0.39 is 5.91 Å². The van der Waals surface area contributed by atoms with Crippen LogP contribution in [0.25, 0.3) is 0 Å². The molecule has 1 aromatic heterocycles. The van der Waals surface area contributed by atoms with Gasteiger partial charge in [-0.1, -0.05) is 13.8 Å². The molecule has 0 spiro atoms. The Morgan fingerprint density at radius 3 is 2.56 bits per heavy atom. The van der Waals surface area contributed by atoms with Crippen LogP contribution in [0.4, 0.5) is 11.6 Å². The highest BCUT2D eigenvalue weighted by Crippen LogP contribution is 2.15. The molecule has 0 aliphatic heterocycles. The number of hydrogen-bond donors (Lipinski definition) is 4. The molecule has 1 heterocycles. The van der Waals surface area contributed by atoms with Crippen molar-refractivity contribution in [2.45, 2.75) is 19.8 Å². The fraction of sp³-hybridized carbons (Fsp3) is 0.444. The summed E-state index contributed by atoms with van der Waals surface area (Å²) >= 11 is 0. The Morgan fingerprint density at radius 2 is 2.06 bits per heavy atom. The van der Waals surface area contributed by atoms with E-state index in [9.17, 15) is 4.79 Å². The normalized spacial score (nSPS) is 10.2. The van der Waals surface area contributed by atoms with Crippen LogP contribution in [-0.2, 0) is 4.79 Å². The first kappa shape index (κ1) is 12.2. The van der Waals surface area contributed by atoms with Gasteiger partial charge in [-0.2, -0.15) is 0 Å². The molecule has 1 rings (SSSR count). The van der Waals surface area contributed by atoms with Crippen molar-refractivity contribution in [1.29, 1.82) is 0 Å². The van der Waals surface area contributed by atoms with Gasteiger partial charge in [0, 0.05) is 12.0 Å². The summed E-state index contributed by atoms with van der Waals surface area (Å²) in [5, 5.41) is 2.79. The first-order valence-electron chi connectivity index (χ1n) is 4.90. The standard InChI is InChI=1S/C9H16N6O/c1-5(2)9-13-7(12-4-6(10)16)3-8(14-9)15-11/h3,5H,4,11H2,1-2H3,(H2,10,16)(H2,12,13,14,15). The minimum absolute atomic E-state index is 0.0263. The highest BCUT2D eigenvalue weighted by atomic mass is 16.1. The molecule has 0 aromatic carbocycles. The average Bonchev–Trinajstić information content (AvgIpc) is 2.25. The topological polar surface area (TPSA) is 119 Å². The lowest BCUT2D eigenvalue weighted by Gasteiger charge is -2.10. The Labute approximate surface area is 93.6 Å². The molecule has 1 amide bonds. The Kier molecular flexibility index (Phi) is 4.01. The van der Waals surface area contributed by atoms with E-state index in [1.807, 2.05) is 13.8 Å². The maximum atomic E-state index is 10.6. The van der Waals surface area contributed by atoms with Gasteiger partial charge in [-0.25, -0.2) is 15.8 Å². The van der Waals surface area contributed by atoms with Crippen molar-refractivity contribution < 1.29 is 4.79 Å². The third-order valence-corrected chi connectivity index (χ3v) is 1.85. The third kappa shape index (κ3) is 3.35. The van der Waals surface area contributed by atoms with Crippen LogP contribution in [0.5, 0.6) is 0 Å². The molecular weight excluding hydrogens is 208 g/mol. The smallest absolute Gasteiger partial charge is 0.236 e. The second kappa shape index (κ2) is 5.26. The summed E-state index contributed by atoms with van der Waals surface area (Å²) in [4.78, 5) is 19.0. The van der Waals surface area contributed by atoms with Crippen LogP contribution in [0, 0.1) is 0 Å². The molecule has 88 valence electrons. The van der Waals surface area contributed by atoms with Crippen molar-refractivity contribution in [1.82, 2.24) is 9.97 Å². The Bertz CT molecular complexity index is 378. The lowest BCUT2D eigenvalue weighted by Crippen LogP contribution is -2.23. The summed E-state index contributed by atoms with van der Waals surface area (Å²) in [6.07, 6.45) is 0. The number of aromatic nitrogens is 2. The van der Waals surface area contributed by atoms with Gasteiger partial charge in [0.2, 0.25) is 5.91 Å². The highest BCUT2D eigenvalue weighted by Gasteiger charge is 2.07.